The van der Waals surface area contributed by atoms with Crippen molar-refractivity contribution in [2.45, 2.75) is 45.4 Å². The normalized spacial score (nSPS) is 12.0. The van der Waals surface area contributed by atoms with Crippen LogP contribution in [0.25, 0.3) is 0 Å². The summed E-state index contributed by atoms with van der Waals surface area (Å²) in [4.78, 5) is 0. The number of fused-ring (bicyclic) bond motifs is 1. The Labute approximate surface area is 167 Å². The van der Waals surface area contributed by atoms with Crippen LogP contribution in [-0.4, -0.2) is 0 Å². The van der Waals surface area contributed by atoms with Crippen LogP contribution in [0.4, 0.5) is 11.4 Å². The number of nitrogens with one attached hydrogen (secondary N) is 1. The first-order valence-electron chi connectivity index (χ1n) is 10.3. The molecule has 0 aliphatic carbocycles. The third kappa shape index (κ3) is 4.14. The average Bonchev–Trinajstić information content (AvgIpc) is 3.21. The van der Waals surface area contributed by atoms with Gasteiger partial charge in [0.05, 0.1) is 0 Å². The molecule has 0 amide bonds. The summed E-state index contributed by atoms with van der Waals surface area (Å²) in [5.41, 5.74) is 12.1. The summed E-state index contributed by atoms with van der Waals surface area (Å²) in [5, 5.41) is 8.55. The molecule has 3 aromatic rings. The van der Waals surface area contributed by atoms with Crippen LogP contribution in [-0.2, 0) is 25.7 Å². The predicted octanol–water partition coefficient (Wildman–Crippen LogP) is 6.17. The van der Waals surface area contributed by atoms with Crippen molar-refractivity contribution in [2.24, 2.45) is 5.11 Å². The van der Waals surface area contributed by atoms with Gasteiger partial charge < -0.3 is 0 Å². The fraction of sp³-hybridized carbons (Fsp3) is 0.280. The van der Waals surface area contributed by atoms with Crippen LogP contribution in [0.3, 0.4) is 0 Å². The van der Waals surface area contributed by atoms with E-state index < -0.39 is 0 Å². The molecule has 1 radical (unpaired) electrons. The molecule has 0 unspecified atom stereocenters. The van der Waals surface area contributed by atoms with Gasteiger partial charge in [-0.1, -0.05) is 79.4 Å². The molecule has 0 aromatic heterocycles. The number of aryl methyl sites for hydroxylation is 2. The van der Waals surface area contributed by atoms with E-state index in [-0.39, 0.29) is 0 Å². The van der Waals surface area contributed by atoms with Gasteiger partial charge >= 0.3 is 5.22 Å². The summed E-state index contributed by atoms with van der Waals surface area (Å²) in [5.74, 6) is 0. The molecule has 4 rings (SSSR count). The molecule has 1 aliphatic heterocycles. The van der Waals surface area contributed by atoms with E-state index in [4.69, 9.17) is 0 Å². The molecule has 0 spiro atoms. The highest BCUT2D eigenvalue weighted by molar-refractivity contribution is 5.74. The maximum Gasteiger partial charge on any atom is 0.331 e. The molecule has 0 atom stereocenters. The lowest BCUT2D eigenvalue weighted by Gasteiger charge is -2.17. The zero-order valence-electron chi connectivity index (χ0n) is 16.5. The number of benzene rings is 3. The second-order valence-corrected chi connectivity index (χ2v) is 7.45. The smallest absolute Gasteiger partial charge is 0.0687 e. The molecule has 1 aliphatic rings. The van der Waals surface area contributed by atoms with E-state index >= 15 is 0 Å². The number of unbranched alkanes of at least 4 members (excludes halogenated alkanes) is 1. The molecule has 3 aromatic carbocycles. The van der Waals surface area contributed by atoms with E-state index in [2.05, 4.69) is 89.4 Å². The van der Waals surface area contributed by atoms with Crippen LogP contribution in [0.15, 0.2) is 71.8 Å². The van der Waals surface area contributed by atoms with E-state index in [9.17, 15) is 0 Å². The maximum atomic E-state index is 4.44. The SMILES string of the molecule is CCCCc1c(CCc2ccccc2)cc2c(c1Cc1ccccc1)N=[N+]N2. The Hall–Kier alpha value is -2.94. The highest BCUT2D eigenvalue weighted by atomic mass is 15.5. The first-order chi connectivity index (χ1) is 13.8. The second-order valence-electron chi connectivity index (χ2n) is 7.45. The van der Waals surface area contributed by atoms with E-state index in [1.807, 2.05) is 0 Å². The van der Waals surface area contributed by atoms with Gasteiger partial charge in [-0.25, -0.2) is 0 Å². The van der Waals surface area contributed by atoms with Gasteiger partial charge in [0.25, 0.3) is 0 Å². The monoisotopic (exact) mass is 369 g/mol. The number of hydrogen-bond donors (Lipinski definition) is 1. The van der Waals surface area contributed by atoms with Crippen LogP contribution < -0.4 is 10.6 Å². The Kier molecular flexibility index (Phi) is 5.81. The summed E-state index contributed by atoms with van der Waals surface area (Å²) in [6.45, 7) is 2.26. The lowest BCUT2D eigenvalue weighted by atomic mass is 9.88. The van der Waals surface area contributed by atoms with Gasteiger partial charge in [-0.15, -0.1) is 0 Å². The minimum absolute atomic E-state index is 0.905. The molecule has 1 N–H and O–H groups in total. The number of rotatable bonds is 8. The first kappa shape index (κ1) is 18.4. The Morgan fingerprint density at radius 2 is 1.54 bits per heavy atom. The van der Waals surface area contributed by atoms with Gasteiger partial charge in [-0.3, -0.25) is 0 Å². The van der Waals surface area contributed by atoms with Crippen molar-refractivity contribution in [3.63, 3.8) is 0 Å². The molecule has 3 nitrogen and oxygen atoms in total. The molecule has 1 heterocycles. The summed E-state index contributed by atoms with van der Waals surface area (Å²) in [7, 11) is 0. The van der Waals surface area contributed by atoms with Gasteiger partial charge in [0, 0.05) is 6.42 Å². The minimum Gasteiger partial charge on any atom is -0.0687 e. The molecule has 3 heteroatoms. The van der Waals surface area contributed by atoms with Crippen molar-refractivity contribution in [3.8, 4) is 0 Å². The summed E-state index contributed by atoms with van der Waals surface area (Å²) in [6, 6.07) is 23.7. The third-order valence-corrected chi connectivity index (χ3v) is 5.46. The molecule has 141 valence electrons. The molecular weight excluding hydrogens is 342 g/mol. The lowest BCUT2D eigenvalue weighted by molar-refractivity contribution is 0.775. The first-order valence-corrected chi connectivity index (χ1v) is 10.3. The highest BCUT2D eigenvalue weighted by Crippen LogP contribution is 2.39. The number of nitrogens with zero attached hydrogens (tertiary/aromatic N) is 2. The summed E-state index contributed by atoms with van der Waals surface area (Å²) < 4.78 is 0. The Morgan fingerprint density at radius 3 is 2.25 bits per heavy atom. The summed E-state index contributed by atoms with van der Waals surface area (Å²) >= 11 is 0. The van der Waals surface area contributed by atoms with Crippen molar-refractivity contribution >= 4 is 11.4 Å². The van der Waals surface area contributed by atoms with Crippen LogP contribution in [0.5, 0.6) is 0 Å². The quantitative estimate of drug-likeness (QED) is 0.507. The molecule has 0 fully saturated rings. The van der Waals surface area contributed by atoms with Gasteiger partial charge in [-0.2, -0.15) is 0 Å². The van der Waals surface area contributed by atoms with Crippen LogP contribution in [0.1, 0.15) is 47.6 Å². The number of anilines is 1. The molecule has 0 saturated carbocycles. The molecule has 0 bridgehead atoms. The standard InChI is InChI=1S/C25H27N3/c1-2-3-14-22-21(16-15-19-10-6-4-7-11-19)18-24-25(27-28-26-24)23(22)17-20-12-8-5-9-13-20/h4-13,18H,2-3,14-17H2,1H3,(H,26,27)/q+1. The zero-order valence-corrected chi connectivity index (χ0v) is 16.5. The average molecular weight is 370 g/mol. The highest BCUT2D eigenvalue weighted by Gasteiger charge is 2.26. The fourth-order valence-corrected chi connectivity index (χ4v) is 3.96. The largest absolute Gasteiger partial charge is 0.331 e. The van der Waals surface area contributed by atoms with Gasteiger partial charge in [0.1, 0.15) is 10.8 Å². The molecule has 28 heavy (non-hydrogen) atoms. The van der Waals surface area contributed by atoms with Crippen LogP contribution in [0.2, 0.25) is 0 Å². The van der Waals surface area contributed by atoms with Crippen molar-refractivity contribution in [1.82, 2.24) is 5.22 Å². The topological polar surface area (TPSA) is 38.5 Å². The second kappa shape index (κ2) is 8.83. The van der Waals surface area contributed by atoms with Crippen molar-refractivity contribution in [3.05, 3.63) is 94.5 Å². The van der Waals surface area contributed by atoms with Crippen molar-refractivity contribution in [2.75, 3.05) is 5.43 Å². The fourth-order valence-electron chi connectivity index (χ4n) is 3.96. The van der Waals surface area contributed by atoms with Gasteiger partial charge in [0.2, 0.25) is 0 Å². The van der Waals surface area contributed by atoms with Crippen molar-refractivity contribution < 1.29 is 0 Å². The van der Waals surface area contributed by atoms with E-state index in [1.165, 1.54) is 40.7 Å². The van der Waals surface area contributed by atoms with Crippen molar-refractivity contribution in [1.29, 1.82) is 0 Å². The van der Waals surface area contributed by atoms with E-state index in [0.29, 0.717) is 0 Å². The van der Waals surface area contributed by atoms with Gasteiger partial charge in [0.15, 0.2) is 5.69 Å². The molecular formula is C25H27N3+. The zero-order chi connectivity index (χ0) is 19.2. The van der Waals surface area contributed by atoms with Crippen LogP contribution in [0, 0.1) is 0 Å². The summed E-state index contributed by atoms with van der Waals surface area (Å²) in [6.07, 6.45) is 6.49. The molecule has 0 saturated heterocycles. The Bertz CT molecular complexity index is 947. The Morgan fingerprint density at radius 1 is 0.821 bits per heavy atom. The predicted molar refractivity (Wildman–Crippen MR) is 116 cm³/mol. The van der Waals surface area contributed by atoms with E-state index in [1.54, 1.807) is 0 Å². The van der Waals surface area contributed by atoms with Crippen LogP contribution >= 0.6 is 0 Å². The van der Waals surface area contributed by atoms with E-state index in [0.717, 1.165) is 37.1 Å². The van der Waals surface area contributed by atoms with Gasteiger partial charge in [-0.05, 0) is 59.6 Å². The lowest BCUT2D eigenvalue weighted by Crippen LogP contribution is -2.05. The number of hydrogen-bond acceptors (Lipinski definition) is 3. The maximum absolute atomic E-state index is 4.44. The minimum atomic E-state index is 0.905. The Balaban J connectivity index is 1.71. The third-order valence-electron chi connectivity index (χ3n) is 5.46.